The first-order chi connectivity index (χ1) is 9.72. The highest BCUT2D eigenvalue weighted by Crippen LogP contribution is 2.15. The third-order valence-corrected chi connectivity index (χ3v) is 2.73. The van der Waals surface area contributed by atoms with Gasteiger partial charge in [-0.2, -0.15) is 0 Å². The van der Waals surface area contributed by atoms with Gasteiger partial charge >= 0.3 is 0 Å². The third kappa shape index (κ3) is 3.22. The number of nitrogens with zero attached hydrogens (tertiary/aromatic N) is 1. The minimum atomic E-state index is -0.228. The van der Waals surface area contributed by atoms with Gasteiger partial charge in [0.15, 0.2) is 0 Å². The second-order valence-electron chi connectivity index (χ2n) is 4.10. The zero-order valence-electron chi connectivity index (χ0n) is 11.1. The molecule has 1 heterocycles. The summed E-state index contributed by atoms with van der Waals surface area (Å²) in [5.74, 6) is 5.15. The number of aliphatic hydroxyl groups is 1. The smallest absolute Gasteiger partial charge is 0.257 e. The van der Waals surface area contributed by atoms with Crippen molar-refractivity contribution in [1.29, 1.82) is 0 Å². The summed E-state index contributed by atoms with van der Waals surface area (Å²) in [6, 6.07) is 10.6. The number of aromatic nitrogens is 1. The van der Waals surface area contributed by atoms with Crippen molar-refractivity contribution in [2.45, 2.75) is 6.92 Å². The van der Waals surface area contributed by atoms with E-state index in [0.717, 1.165) is 0 Å². The van der Waals surface area contributed by atoms with Crippen molar-refractivity contribution in [1.82, 2.24) is 4.98 Å². The van der Waals surface area contributed by atoms with E-state index < -0.39 is 0 Å². The molecule has 1 aromatic heterocycles. The molecule has 2 N–H and O–H groups in total. The monoisotopic (exact) mass is 266 g/mol. The number of hydrogen-bond donors (Lipinski definition) is 2. The van der Waals surface area contributed by atoms with Gasteiger partial charge in [-0.15, -0.1) is 0 Å². The molecule has 1 amide bonds. The fraction of sp³-hybridized carbons (Fsp3) is 0.125. The maximum absolute atomic E-state index is 12.2. The summed E-state index contributed by atoms with van der Waals surface area (Å²) in [4.78, 5) is 16.3. The molecule has 100 valence electrons. The predicted octanol–water partition coefficient (Wildman–Crippen LogP) is 1.99. The van der Waals surface area contributed by atoms with Gasteiger partial charge in [-0.25, -0.2) is 0 Å². The third-order valence-electron chi connectivity index (χ3n) is 2.73. The largest absolute Gasteiger partial charge is 0.384 e. The number of rotatable bonds is 2. The van der Waals surface area contributed by atoms with E-state index in [1.165, 1.54) is 0 Å². The van der Waals surface area contributed by atoms with Gasteiger partial charge in [0.25, 0.3) is 5.91 Å². The summed E-state index contributed by atoms with van der Waals surface area (Å²) in [7, 11) is 0. The molecule has 0 saturated heterocycles. The van der Waals surface area contributed by atoms with Crippen LogP contribution in [0.4, 0.5) is 5.69 Å². The number of carbonyl (C=O) groups excluding carboxylic acids is 1. The van der Waals surface area contributed by atoms with Gasteiger partial charge in [0.2, 0.25) is 0 Å². The van der Waals surface area contributed by atoms with Gasteiger partial charge in [0.1, 0.15) is 6.61 Å². The van der Waals surface area contributed by atoms with Gasteiger partial charge < -0.3 is 10.4 Å². The summed E-state index contributed by atoms with van der Waals surface area (Å²) in [6.07, 6.45) is 1.65. The quantitative estimate of drug-likeness (QED) is 0.817. The number of para-hydroxylation sites is 1. The Hall–Kier alpha value is -2.64. The highest BCUT2D eigenvalue weighted by molar-refractivity contribution is 6.05. The van der Waals surface area contributed by atoms with E-state index >= 15 is 0 Å². The Kier molecular flexibility index (Phi) is 4.48. The van der Waals surface area contributed by atoms with Gasteiger partial charge in [0, 0.05) is 17.5 Å². The van der Waals surface area contributed by atoms with Crippen molar-refractivity contribution in [2.75, 3.05) is 11.9 Å². The highest BCUT2D eigenvalue weighted by Gasteiger charge is 2.10. The minimum Gasteiger partial charge on any atom is -0.384 e. The van der Waals surface area contributed by atoms with Crippen LogP contribution >= 0.6 is 0 Å². The first-order valence-electron chi connectivity index (χ1n) is 6.14. The lowest BCUT2D eigenvalue weighted by Gasteiger charge is -2.08. The zero-order chi connectivity index (χ0) is 14.4. The molecule has 0 spiro atoms. The van der Waals surface area contributed by atoms with E-state index in [4.69, 9.17) is 5.11 Å². The van der Waals surface area contributed by atoms with Crippen LogP contribution in [0.15, 0.2) is 42.6 Å². The van der Waals surface area contributed by atoms with Gasteiger partial charge in [-0.1, -0.05) is 24.0 Å². The van der Waals surface area contributed by atoms with Crippen molar-refractivity contribution in [2.24, 2.45) is 0 Å². The molecule has 0 radical (unpaired) electrons. The second-order valence-corrected chi connectivity index (χ2v) is 4.10. The van der Waals surface area contributed by atoms with Crippen LogP contribution in [0.3, 0.4) is 0 Å². The number of nitrogens with one attached hydrogen (secondary N) is 1. The zero-order valence-corrected chi connectivity index (χ0v) is 11.1. The summed E-state index contributed by atoms with van der Waals surface area (Å²) < 4.78 is 0. The predicted molar refractivity (Wildman–Crippen MR) is 77.3 cm³/mol. The Balaban J connectivity index is 2.27. The van der Waals surface area contributed by atoms with Gasteiger partial charge in [-0.05, 0) is 31.2 Å². The van der Waals surface area contributed by atoms with E-state index in [2.05, 4.69) is 22.1 Å². The fourth-order valence-electron chi connectivity index (χ4n) is 1.75. The molecule has 0 aliphatic rings. The summed E-state index contributed by atoms with van der Waals surface area (Å²) in [5, 5.41) is 11.6. The van der Waals surface area contributed by atoms with Crippen LogP contribution in [0.5, 0.6) is 0 Å². The maximum atomic E-state index is 12.2. The molecule has 0 saturated carbocycles. The molecule has 2 rings (SSSR count). The van der Waals surface area contributed by atoms with Crippen molar-refractivity contribution in [3.63, 3.8) is 0 Å². The molecule has 2 aromatic rings. The Bertz CT molecular complexity index is 684. The van der Waals surface area contributed by atoms with Crippen LogP contribution in [0.2, 0.25) is 0 Å². The lowest BCUT2D eigenvalue weighted by Crippen LogP contribution is -2.14. The molecule has 1 aromatic carbocycles. The number of pyridine rings is 1. The van der Waals surface area contributed by atoms with E-state index in [9.17, 15) is 4.79 Å². The minimum absolute atomic E-state index is 0.218. The molecule has 0 unspecified atom stereocenters. The standard InChI is InChI=1S/C16H14N2O2/c1-12-14(8-4-10-17-12)16(20)18-15-9-3-2-6-13(15)7-5-11-19/h2-4,6,8-10,19H,11H2,1H3,(H,18,20). The molecule has 0 fully saturated rings. The Morgan fingerprint density at radius 1 is 1.30 bits per heavy atom. The van der Waals surface area contributed by atoms with E-state index in [0.29, 0.717) is 22.5 Å². The van der Waals surface area contributed by atoms with Crippen LogP contribution in [0.25, 0.3) is 0 Å². The maximum Gasteiger partial charge on any atom is 0.257 e. The van der Waals surface area contributed by atoms with Crippen LogP contribution in [0.1, 0.15) is 21.6 Å². The molecular formula is C16H14N2O2. The van der Waals surface area contributed by atoms with Crippen molar-refractivity contribution in [3.05, 3.63) is 59.4 Å². The Morgan fingerprint density at radius 2 is 2.10 bits per heavy atom. The normalized spacial score (nSPS) is 9.50. The molecular weight excluding hydrogens is 252 g/mol. The van der Waals surface area contributed by atoms with Crippen molar-refractivity contribution >= 4 is 11.6 Å². The SMILES string of the molecule is Cc1ncccc1C(=O)Nc1ccccc1C#CCO. The molecule has 0 aliphatic heterocycles. The van der Waals surface area contributed by atoms with Crippen LogP contribution in [-0.4, -0.2) is 22.6 Å². The first kappa shape index (κ1) is 13.8. The topological polar surface area (TPSA) is 62.2 Å². The molecule has 4 heteroatoms. The fourth-order valence-corrected chi connectivity index (χ4v) is 1.75. The molecule has 4 nitrogen and oxygen atoms in total. The first-order valence-corrected chi connectivity index (χ1v) is 6.14. The van der Waals surface area contributed by atoms with E-state index in [1.54, 1.807) is 37.4 Å². The lowest BCUT2D eigenvalue weighted by molar-refractivity contribution is 0.102. The summed E-state index contributed by atoms with van der Waals surface area (Å²) in [6.45, 7) is 1.57. The van der Waals surface area contributed by atoms with Crippen LogP contribution in [0, 0.1) is 18.8 Å². The number of benzene rings is 1. The number of carbonyl (C=O) groups is 1. The molecule has 20 heavy (non-hydrogen) atoms. The molecule has 0 atom stereocenters. The summed E-state index contributed by atoms with van der Waals surface area (Å²) >= 11 is 0. The molecule has 0 aliphatic carbocycles. The Morgan fingerprint density at radius 3 is 2.85 bits per heavy atom. The number of anilines is 1. The van der Waals surface area contributed by atoms with Crippen LogP contribution < -0.4 is 5.32 Å². The highest BCUT2D eigenvalue weighted by atomic mass is 16.2. The van der Waals surface area contributed by atoms with Crippen molar-refractivity contribution in [3.8, 4) is 11.8 Å². The van der Waals surface area contributed by atoms with Crippen molar-refractivity contribution < 1.29 is 9.90 Å². The van der Waals surface area contributed by atoms with Crippen LogP contribution in [-0.2, 0) is 0 Å². The number of aryl methyl sites for hydroxylation is 1. The van der Waals surface area contributed by atoms with E-state index in [-0.39, 0.29) is 12.5 Å². The number of hydrogen-bond acceptors (Lipinski definition) is 3. The average molecular weight is 266 g/mol. The lowest BCUT2D eigenvalue weighted by atomic mass is 10.1. The number of aliphatic hydroxyl groups excluding tert-OH is 1. The average Bonchev–Trinajstić information content (AvgIpc) is 2.46. The number of amides is 1. The van der Waals surface area contributed by atoms with Gasteiger partial charge in [0.05, 0.1) is 11.3 Å². The van der Waals surface area contributed by atoms with Gasteiger partial charge in [-0.3, -0.25) is 9.78 Å². The Labute approximate surface area is 117 Å². The molecule has 0 bridgehead atoms. The van der Waals surface area contributed by atoms with E-state index in [1.807, 2.05) is 12.1 Å². The summed E-state index contributed by atoms with van der Waals surface area (Å²) in [5.41, 5.74) is 2.47. The second kappa shape index (κ2) is 6.50.